The summed E-state index contributed by atoms with van der Waals surface area (Å²) < 4.78 is 0. The summed E-state index contributed by atoms with van der Waals surface area (Å²) in [5.74, 6) is 0.812. The molecule has 0 aliphatic heterocycles. The molecule has 0 heterocycles. The van der Waals surface area contributed by atoms with Crippen LogP contribution in [-0.2, 0) is 0 Å². The minimum absolute atomic E-state index is 0.566. The highest BCUT2D eigenvalue weighted by atomic mass is 32.2. The van der Waals surface area contributed by atoms with Crippen molar-refractivity contribution < 1.29 is 5.11 Å². The first-order valence-corrected chi connectivity index (χ1v) is 9.98. The fraction of sp³-hybridized carbons (Fsp3) is 1.00. The van der Waals surface area contributed by atoms with Crippen LogP contribution in [0.15, 0.2) is 0 Å². The molecule has 0 aromatic heterocycles. The molecule has 0 aromatic rings. The lowest BCUT2D eigenvalue weighted by Crippen LogP contribution is -2.44. The molecule has 20 heavy (non-hydrogen) atoms. The van der Waals surface area contributed by atoms with E-state index in [0.29, 0.717) is 6.04 Å². The van der Waals surface area contributed by atoms with Gasteiger partial charge in [-0.05, 0) is 26.0 Å². The van der Waals surface area contributed by atoms with E-state index in [9.17, 15) is 5.11 Å². The average molecular weight is 302 g/mol. The Labute approximate surface area is 130 Å². The van der Waals surface area contributed by atoms with Crippen molar-refractivity contribution in [2.75, 3.05) is 18.6 Å². The number of rotatable bonds is 5. The average Bonchev–Trinajstić information content (AvgIpc) is 2.38. The second-order valence-electron chi connectivity index (χ2n) is 6.77. The molecule has 1 rings (SSSR count). The highest BCUT2D eigenvalue weighted by Crippen LogP contribution is 2.18. The van der Waals surface area contributed by atoms with Gasteiger partial charge >= 0.3 is 0 Å². The predicted molar refractivity (Wildman–Crippen MR) is 91.6 cm³/mol. The quantitative estimate of drug-likeness (QED) is 0.791. The lowest BCUT2D eigenvalue weighted by atomic mass is 9.97. The van der Waals surface area contributed by atoms with Gasteiger partial charge in [0.05, 0.1) is 5.60 Å². The van der Waals surface area contributed by atoms with E-state index in [1.54, 1.807) is 11.8 Å². The van der Waals surface area contributed by atoms with Gasteiger partial charge in [-0.3, -0.25) is 0 Å². The third-order valence-electron chi connectivity index (χ3n) is 4.33. The molecule has 0 radical (unpaired) electrons. The summed E-state index contributed by atoms with van der Waals surface area (Å²) in [5.41, 5.74) is -0.566. The predicted octanol–water partition coefficient (Wildman–Crippen LogP) is 4.36. The molecule has 0 aromatic carbocycles. The third-order valence-corrected chi connectivity index (χ3v) is 5.24. The fourth-order valence-corrected chi connectivity index (χ4v) is 3.82. The Balaban J connectivity index is 2.31. The highest BCUT2D eigenvalue weighted by molar-refractivity contribution is 7.98. The van der Waals surface area contributed by atoms with Crippen LogP contribution >= 0.6 is 11.8 Å². The Morgan fingerprint density at radius 3 is 1.85 bits per heavy atom. The van der Waals surface area contributed by atoms with Crippen LogP contribution in [0.2, 0.25) is 0 Å². The summed E-state index contributed by atoms with van der Waals surface area (Å²) in [7, 11) is 0. The zero-order chi connectivity index (χ0) is 14.7. The van der Waals surface area contributed by atoms with Crippen LogP contribution in [0.5, 0.6) is 0 Å². The van der Waals surface area contributed by atoms with Gasteiger partial charge in [0.15, 0.2) is 0 Å². The van der Waals surface area contributed by atoms with E-state index < -0.39 is 5.60 Å². The number of aliphatic hydroxyl groups is 1. The molecular weight excluding hydrogens is 266 g/mol. The van der Waals surface area contributed by atoms with Crippen molar-refractivity contribution in [3.05, 3.63) is 0 Å². The van der Waals surface area contributed by atoms with Gasteiger partial charge in [-0.2, -0.15) is 11.8 Å². The maximum atomic E-state index is 10.3. The first kappa shape index (κ1) is 18.3. The van der Waals surface area contributed by atoms with E-state index in [1.807, 2.05) is 6.92 Å². The standard InChI is InChI=1S/C17H35NOS/c1-17(19,15-20-2)14-18-16-12-10-8-6-4-3-5-7-9-11-13-16/h16,18-19H,3-15H2,1-2H3. The van der Waals surface area contributed by atoms with Gasteiger partial charge in [0.25, 0.3) is 0 Å². The maximum absolute atomic E-state index is 10.3. The van der Waals surface area contributed by atoms with Crippen molar-refractivity contribution in [1.82, 2.24) is 5.32 Å². The summed E-state index contributed by atoms with van der Waals surface area (Å²) >= 11 is 1.72. The molecule has 2 N–H and O–H groups in total. The second-order valence-corrected chi connectivity index (χ2v) is 7.63. The minimum atomic E-state index is -0.566. The van der Waals surface area contributed by atoms with Gasteiger partial charge < -0.3 is 10.4 Å². The highest BCUT2D eigenvalue weighted by Gasteiger charge is 2.21. The van der Waals surface area contributed by atoms with Gasteiger partial charge in [0.2, 0.25) is 0 Å². The molecular formula is C17H35NOS. The summed E-state index contributed by atoms with van der Waals surface area (Å²) in [6.07, 6.45) is 17.2. The van der Waals surface area contributed by atoms with Gasteiger partial charge in [-0.15, -0.1) is 0 Å². The van der Waals surface area contributed by atoms with Crippen molar-refractivity contribution >= 4 is 11.8 Å². The van der Waals surface area contributed by atoms with E-state index >= 15 is 0 Å². The van der Waals surface area contributed by atoms with Crippen LogP contribution < -0.4 is 5.32 Å². The van der Waals surface area contributed by atoms with Crippen LogP contribution in [0.1, 0.15) is 77.6 Å². The number of hydrogen-bond acceptors (Lipinski definition) is 3. The first-order chi connectivity index (χ1) is 9.64. The van der Waals surface area contributed by atoms with Crippen molar-refractivity contribution in [3.63, 3.8) is 0 Å². The molecule has 2 nitrogen and oxygen atoms in total. The fourth-order valence-electron chi connectivity index (χ4n) is 3.09. The molecule has 1 aliphatic carbocycles. The second kappa shape index (κ2) is 10.9. The van der Waals surface area contributed by atoms with Crippen molar-refractivity contribution in [2.24, 2.45) is 0 Å². The van der Waals surface area contributed by atoms with Crippen LogP contribution in [0, 0.1) is 0 Å². The van der Waals surface area contributed by atoms with E-state index in [-0.39, 0.29) is 0 Å². The van der Waals surface area contributed by atoms with Crippen molar-refractivity contribution in [3.8, 4) is 0 Å². The largest absolute Gasteiger partial charge is 0.388 e. The SMILES string of the molecule is CSCC(C)(O)CNC1CCCCCCCCCCC1. The first-order valence-electron chi connectivity index (χ1n) is 8.59. The molecule has 0 bridgehead atoms. The Morgan fingerprint density at radius 2 is 1.40 bits per heavy atom. The van der Waals surface area contributed by atoms with Gasteiger partial charge in [-0.25, -0.2) is 0 Å². The van der Waals surface area contributed by atoms with Crippen LogP contribution in [0.4, 0.5) is 0 Å². The summed E-state index contributed by atoms with van der Waals surface area (Å²) in [5, 5.41) is 13.9. The Hall–Kier alpha value is 0.270. The molecule has 120 valence electrons. The van der Waals surface area contributed by atoms with Crippen LogP contribution in [-0.4, -0.2) is 35.3 Å². The van der Waals surface area contributed by atoms with Crippen LogP contribution in [0.3, 0.4) is 0 Å². The molecule has 3 heteroatoms. The molecule has 1 fully saturated rings. The molecule has 1 aliphatic rings. The zero-order valence-electron chi connectivity index (χ0n) is 13.6. The normalized spacial score (nSPS) is 23.6. The van der Waals surface area contributed by atoms with E-state index in [1.165, 1.54) is 70.6 Å². The van der Waals surface area contributed by atoms with E-state index in [0.717, 1.165) is 12.3 Å². The lowest BCUT2D eigenvalue weighted by molar-refractivity contribution is 0.0803. The summed E-state index contributed by atoms with van der Waals surface area (Å²) in [6, 6.07) is 0.614. The summed E-state index contributed by atoms with van der Waals surface area (Å²) in [4.78, 5) is 0. The topological polar surface area (TPSA) is 32.3 Å². The zero-order valence-corrected chi connectivity index (χ0v) is 14.4. The number of nitrogens with one attached hydrogen (secondary N) is 1. The molecule has 1 saturated carbocycles. The van der Waals surface area contributed by atoms with Crippen molar-refractivity contribution in [2.45, 2.75) is 89.2 Å². The molecule has 1 unspecified atom stereocenters. The van der Waals surface area contributed by atoms with E-state index in [4.69, 9.17) is 0 Å². The lowest BCUT2D eigenvalue weighted by Gasteiger charge is -2.27. The monoisotopic (exact) mass is 301 g/mol. The smallest absolute Gasteiger partial charge is 0.0833 e. The van der Waals surface area contributed by atoms with Gasteiger partial charge in [0.1, 0.15) is 0 Å². The summed E-state index contributed by atoms with van der Waals surface area (Å²) in [6.45, 7) is 2.68. The molecule has 0 spiro atoms. The maximum Gasteiger partial charge on any atom is 0.0833 e. The van der Waals surface area contributed by atoms with Gasteiger partial charge in [0, 0.05) is 18.3 Å². The van der Waals surface area contributed by atoms with Crippen molar-refractivity contribution in [1.29, 1.82) is 0 Å². The van der Waals surface area contributed by atoms with Gasteiger partial charge in [-0.1, -0.05) is 57.8 Å². The Kier molecular flexibility index (Phi) is 10.0. The molecule has 1 atom stereocenters. The Morgan fingerprint density at radius 1 is 0.950 bits per heavy atom. The van der Waals surface area contributed by atoms with E-state index in [2.05, 4.69) is 11.6 Å². The molecule has 0 amide bonds. The minimum Gasteiger partial charge on any atom is -0.388 e. The number of hydrogen-bond donors (Lipinski definition) is 2. The van der Waals surface area contributed by atoms with Crippen LogP contribution in [0.25, 0.3) is 0 Å². The third kappa shape index (κ3) is 9.25. The number of thioether (sulfide) groups is 1. The Bertz CT molecular complexity index is 221. The molecule has 0 saturated heterocycles.